The van der Waals surface area contributed by atoms with Crippen LogP contribution in [0, 0.1) is 0 Å². The topological polar surface area (TPSA) is 78.5 Å². The zero-order chi connectivity index (χ0) is 17.1. The molecule has 1 aliphatic rings. The molecule has 120 valence electrons. The van der Waals surface area contributed by atoms with Crippen molar-refractivity contribution in [2.45, 2.75) is 0 Å². The Kier molecular flexibility index (Phi) is 4.35. The minimum Gasteiger partial charge on any atom is -0.544 e. The van der Waals surface area contributed by atoms with Crippen molar-refractivity contribution in [1.82, 2.24) is 0 Å². The number of halogens is 1. The molecule has 0 saturated heterocycles. The predicted molar refractivity (Wildman–Crippen MR) is 87.6 cm³/mol. The third kappa shape index (κ3) is 3.31. The number of carbonyl (C=O) groups excluding carboxylic acids is 2. The first-order valence-electron chi connectivity index (χ1n) is 7.02. The summed E-state index contributed by atoms with van der Waals surface area (Å²) in [5.41, 5.74) is 0.652. The van der Waals surface area contributed by atoms with E-state index in [-0.39, 0.29) is 11.6 Å². The monoisotopic (exact) mass is 340 g/mol. The molecule has 0 bridgehead atoms. The van der Waals surface area contributed by atoms with Gasteiger partial charge < -0.3 is 20.0 Å². The van der Waals surface area contributed by atoms with Gasteiger partial charge in [0.05, 0.1) is 5.97 Å². The summed E-state index contributed by atoms with van der Waals surface area (Å²) in [4.78, 5) is 23.6. The fraction of sp³-hybridized carbons (Fsp3) is 0. The number of carbonyl (C=O) groups is 2. The van der Waals surface area contributed by atoms with Crippen molar-refractivity contribution in [2.24, 2.45) is 0 Å². The SMILES string of the molecule is O=C([O-])C1=C(Nc2ccccc2)O/C(=C\c2cccc(Cl)c2)C1=O. The number of para-hydroxylation sites is 1. The van der Waals surface area contributed by atoms with Gasteiger partial charge in [-0.3, -0.25) is 4.79 Å². The highest BCUT2D eigenvalue weighted by molar-refractivity contribution is 6.30. The van der Waals surface area contributed by atoms with E-state index in [4.69, 9.17) is 16.3 Å². The summed E-state index contributed by atoms with van der Waals surface area (Å²) in [5, 5.41) is 14.6. The molecule has 1 aliphatic heterocycles. The van der Waals surface area contributed by atoms with E-state index in [1.807, 2.05) is 6.07 Å². The normalized spacial score (nSPS) is 15.5. The number of hydrogen-bond donors (Lipinski definition) is 1. The number of Topliss-reactive ketones (excluding diaryl/α,β-unsaturated/α-hetero) is 1. The van der Waals surface area contributed by atoms with Gasteiger partial charge in [-0.2, -0.15) is 0 Å². The summed E-state index contributed by atoms with van der Waals surface area (Å²) < 4.78 is 5.41. The Morgan fingerprint density at radius 2 is 1.88 bits per heavy atom. The van der Waals surface area contributed by atoms with E-state index >= 15 is 0 Å². The van der Waals surface area contributed by atoms with E-state index in [1.54, 1.807) is 48.5 Å². The van der Waals surface area contributed by atoms with Gasteiger partial charge in [-0.15, -0.1) is 0 Å². The quantitative estimate of drug-likeness (QED) is 0.682. The number of aliphatic carboxylic acids is 1. The van der Waals surface area contributed by atoms with Gasteiger partial charge in [-0.25, -0.2) is 0 Å². The minimum absolute atomic E-state index is 0.116. The van der Waals surface area contributed by atoms with E-state index in [1.165, 1.54) is 6.08 Å². The number of hydrogen-bond acceptors (Lipinski definition) is 5. The van der Waals surface area contributed by atoms with Gasteiger partial charge in [0.1, 0.15) is 5.57 Å². The lowest BCUT2D eigenvalue weighted by Gasteiger charge is -2.08. The van der Waals surface area contributed by atoms with Gasteiger partial charge in [0.25, 0.3) is 0 Å². The molecule has 2 aromatic carbocycles. The van der Waals surface area contributed by atoms with Crippen LogP contribution in [0.1, 0.15) is 5.56 Å². The summed E-state index contributed by atoms with van der Waals surface area (Å²) in [6.07, 6.45) is 1.43. The Hall–Kier alpha value is -3.05. The van der Waals surface area contributed by atoms with Crippen LogP contribution in [0.5, 0.6) is 0 Å². The standard InChI is InChI=1S/C18H12ClNO4/c19-12-6-4-5-11(9-12)10-14-16(21)15(18(22)23)17(24-14)20-13-7-2-1-3-8-13/h1-10,20H,(H,22,23)/p-1/b14-10-. The van der Waals surface area contributed by atoms with Crippen molar-refractivity contribution in [3.05, 3.63) is 82.4 Å². The van der Waals surface area contributed by atoms with Crippen LogP contribution in [0.4, 0.5) is 5.69 Å². The number of ketones is 1. The van der Waals surface area contributed by atoms with Crippen molar-refractivity contribution < 1.29 is 19.4 Å². The smallest absolute Gasteiger partial charge is 0.235 e. The zero-order valence-corrected chi connectivity index (χ0v) is 13.0. The van der Waals surface area contributed by atoms with Gasteiger partial charge in [-0.1, -0.05) is 41.9 Å². The van der Waals surface area contributed by atoms with E-state index < -0.39 is 17.3 Å². The lowest BCUT2D eigenvalue weighted by Crippen LogP contribution is -2.28. The van der Waals surface area contributed by atoms with Crippen LogP contribution in [0.25, 0.3) is 6.08 Å². The number of allylic oxidation sites excluding steroid dienone is 1. The number of rotatable bonds is 4. The highest BCUT2D eigenvalue weighted by Crippen LogP contribution is 2.28. The molecule has 2 aromatic rings. The van der Waals surface area contributed by atoms with Crippen LogP contribution < -0.4 is 10.4 Å². The fourth-order valence-corrected chi connectivity index (χ4v) is 2.40. The second-order valence-electron chi connectivity index (χ2n) is 4.98. The van der Waals surface area contributed by atoms with Crippen molar-refractivity contribution in [1.29, 1.82) is 0 Å². The lowest BCUT2D eigenvalue weighted by atomic mass is 10.1. The average Bonchev–Trinajstić information content (AvgIpc) is 2.84. The van der Waals surface area contributed by atoms with Gasteiger partial charge in [0.2, 0.25) is 11.7 Å². The first-order valence-corrected chi connectivity index (χ1v) is 7.40. The number of carboxylic acid groups (broad SMARTS) is 1. The highest BCUT2D eigenvalue weighted by Gasteiger charge is 2.31. The van der Waals surface area contributed by atoms with Crippen molar-refractivity contribution in [2.75, 3.05) is 5.32 Å². The molecule has 0 amide bonds. The van der Waals surface area contributed by atoms with Gasteiger partial charge in [-0.05, 0) is 35.9 Å². The van der Waals surface area contributed by atoms with Crippen LogP contribution in [-0.4, -0.2) is 11.8 Å². The van der Waals surface area contributed by atoms with E-state index in [0.29, 0.717) is 16.3 Å². The van der Waals surface area contributed by atoms with Crippen LogP contribution in [-0.2, 0) is 14.3 Å². The molecule has 0 atom stereocenters. The maximum Gasteiger partial charge on any atom is 0.235 e. The second-order valence-corrected chi connectivity index (χ2v) is 5.41. The number of nitrogens with one attached hydrogen (secondary N) is 1. The first kappa shape index (κ1) is 15.8. The fourth-order valence-electron chi connectivity index (χ4n) is 2.20. The molecular formula is C18H11ClNO4-. The van der Waals surface area contributed by atoms with Crippen molar-refractivity contribution in [3.8, 4) is 0 Å². The third-order valence-corrected chi connectivity index (χ3v) is 3.51. The first-order chi connectivity index (χ1) is 11.5. The van der Waals surface area contributed by atoms with E-state index in [9.17, 15) is 14.7 Å². The van der Waals surface area contributed by atoms with E-state index in [2.05, 4.69) is 5.32 Å². The van der Waals surface area contributed by atoms with Crippen LogP contribution in [0.2, 0.25) is 5.02 Å². The van der Waals surface area contributed by atoms with Crippen LogP contribution in [0.3, 0.4) is 0 Å². The van der Waals surface area contributed by atoms with E-state index in [0.717, 1.165) is 0 Å². The van der Waals surface area contributed by atoms with Crippen LogP contribution in [0.15, 0.2) is 71.8 Å². The molecule has 1 N–H and O–H groups in total. The number of anilines is 1. The lowest BCUT2D eigenvalue weighted by molar-refractivity contribution is -0.298. The maximum absolute atomic E-state index is 12.3. The summed E-state index contributed by atoms with van der Waals surface area (Å²) in [6.45, 7) is 0. The predicted octanol–water partition coefficient (Wildman–Crippen LogP) is 2.35. The Morgan fingerprint density at radius 1 is 1.12 bits per heavy atom. The zero-order valence-electron chi connectivity index (χ0n) is 12.3. The summed E-state index contributed by atoms with van der Waals surface area (Å²) in [7, 11) is 0. The van der Waals surface area contributed by atoms with Crippen molar-refractivity contribution in [3.63, 3.8) is 0 Å². The molecule has 0 aliphatic carbocycles. The van der Waals surface area contributed by atoms with Gasteiger partial charge in [0, 0.05) is 10.7 Å². The Morgan fingerprint density at radius 3 is 2.54 bits per heavy atom. The Bertz CT molecular complexity index is 872. The van der Waals surface area contributed by atoms with Gasteiger partial charge >= 0.3 is 0 Å². The second kappa shape index (κ2) is 6.60. The largest absolute Gasteiger partial charge is 0.544 e. The molecule has 0 spiro atoms. The minimum atomic E-state index is -1.60. The molecule has 0 fully saturated rings. The molecule has 24 heavy (non-hydrogen) atoms. The number of benzene rings is 2. The molecule has 0 aromatic heterocycles. The Labute approximate surface area is 142 Å². The van der Waals surface area contributed by atoms with Crippen molar-refractivity contribution >= 4 is 35.1 Å². The van der Waals surface area contributed by atoms with Gasteiger partial charge in [0.15, 0.2) is 5.76 Å². The third-order valence-electron chi connectivity index (χ3n) is 3.27. The molecule has 0 unspecified atom stereocenters. The summed E-state index contributed by atoms with van der Waals surface area (Å²) >= 11 is 5.90. The number of carboxylic acids is 1. The van der Waals surface area contributed by atoms with Crippen LogP contribution >= 0.6 is 11.6 Å². The number of ether oxygens (including phenoxy) is 1. The average molecular weight is 341 g/mol. The molecular weight excluding hydrogens is 330 g/mol. The summed E-state index contributed by atoms with van der Waals surface area (Å²) in [6, 6.07) is 15.5. The molecule has 0 saturated carbocycles. The maximum atomic E-state index is 12.3. The molecule has 6 heteroatoms. The molecule has 3 rings (SSSR count). The molecule has 5 nitrogen and oxygen atoms in total. The molecule has 1 heterocycles. The molecule has 0 radical (unpaired) electrons. The highest BCUT2D eigenvalue weighted by atomic mass is 35.5. The summed E-state index contributed by atoms with van der Waals surface area (Å²) in [5.74, 6) is -2.64. The Balaban J connectivity index is 1.93.